The summed E-state index contributed by atoms with van der Waals surface area (Å²) in [6.07, 6.45) is -4.91. The molecule has 3 rings (SSSR count). The van der Waals surface area contributed by atoms with Crippen molar-refractivity contribution in [3.05, 3.63) is 59.0 Å². The van der Waals surface area contributed by atoms with Crippen LogP contribution in [0, 0.1) is 10.8 Å². The van der Waals surface area contributed by atoms with Crippen LogP contribution in [0.2, 0.25) is 5.02 Å². The summed E-state index contributed by atoms with van der Waals surface area (Å²) < 4.78 is 39.9. The van der Waals surface area contributed by atoms with Gasteiger partial charge in [0.2, 0.25) is 5.84 Å². The fourth-order valence-corrected chi connectivity index (χ4v) is 3.19. The zero-order valence-corrected chi connectivity index (χ0v) is 14.0. The summed E-state index contributed by atoms with van der Waals surface area (Å²) in [7, 11) is 0. The normalized spacial score (nSPS) is 11.7. The highest BCUT2D eigenvalue weighted by molar-refractivity contribution is 7.99. The molecule has 0 aliphatic rings. The highest BCUT2D eigenvalue weighted by Gasteiger charge is 2.37. The van der Waals surface area contributed by atoms with Crippen LogP contribution in [0.25, 0.3) is 11.0 Å². The predicted molar refractivity (Wildman–Crippen MR) is 90.3 cm³/mol. The Morgan fingerprint density at radius 1 is 1.12 bits per heavy atom. The van der Waals surface area contributed by atoms with Gasteiger partial charge in [0, 0.05) is 9.92 Å². The van der Waals surface area contributed by atoms with Crippen LogP contribution in [-0.2, 0) is 0 Å². The summed E-state index contributed by atoms with van der Waals surface area (Å²) in [5.74, 6) is -1.66. The van der Waals surface area contributed by atoms with Crippen LogP contribution >= 0.6 is 23.4 Å². The number of fused-ring (bicyclic) bond motifs is 1. The van der Waals surface area contributed by atoms with E-state index in [2.05, 4.69) is 4.98 Å². The Morgan fingerprint density at radius 3 is 2.44 bits per heavy atom. The lowest BCUT2D eigenvalue weighted by Crippen LogP contribution is -2.38. The molecule has 0 amide bonds. The Hall–Kier alpha value is -2.32. The van der Waals surface area contributed by atoms with Gasteiger partial charge in [0.05, 0.1) is 11.0 Å². The van der Waals surface area contributed by atoms with Gasteiger partial charge in [-0.25, -0.2) is 4.98 Å². The molecule has 4 nitrogen and oxygen atoms in total. The smallest absolute Gasteiger partial charge is 0.282 e. The average molecular weight is 383 g/mol. The molecule has 0 fully saturated rings. The van der Waals surface area contributed by atoms with E-state index in [0.717, 1.165) is 16.7 Å². The van der Waals surface area contributed by atoms with E-state index in [1.165, 1.54) is 18.2 Å². The fraction of sp³-hybridized carbons (Fsp3) is 0.0625. The van der Waals surface area contributed by atoms with E-state index in [1.807, 2.05) is 0 Å². The maximum atomic E-state index is 13.1. The topological polar surface area (TPSA) is 65.5 Å². The molecule has 0 bridgehead atoms. The van der Waals surface area contributed by atoms with E-state index in [4.69, 9.17) is 22.4 Å². The number of hydrogen-bond acceptors (Lipinski definition) is 4. The molecule has 128 valence electrons. The number of nitrogens with one attached hydrogen (secondary N) is 2. The van der Waals surface area contributed by atoms with Gasteiger partial charge in [0.25, 0.3) is 0 Å². The summed E-state index contributed by atoms with van der Waals surface area (Å²) in [6, 6.07) is 13.1. The molecule has 25 heavy (non-hydrogen) atoms. The Kier molecular flexibility index (Phi) is 4.57. The average Bonchev–Trinajstić information content (AvgIpc) is 2.56. The molecule has 1 aromatic heterocycles. The molecule has 0 unspecified atom stereocenters. The number of halogens is 4. The van der Waals surface area contributed by atoms with Gasteiger partial charge in [0.15, 0.2) is 5.49 Å². The van der Waals surface area contributed by atoms with Crippen molar-refractivity contribution >= 4 is 40.2 Å². The van der Waals surface area contributed by atoms with Gasteiger partial charge in [-0.3, -0.25) is 15.4 Å². The maximum Gasteiger partial charge on any atom is 0.449 e. The van der Waals surface area contributed by atoms with Crippen molar-refractivity contribution in [2.45, 2.75) is 16.1 Å². The van der Waals surface area contributed by atoms with E-state index >= 15 is 0 Å². The molecule has 2 N–H and O–H groups in total. The van der Waals surface area contributed by atoms with Crippen LogP contribution in [0.5, 0.6) is 0 Å². The second-order valence-electron chi connectivity index (χ2n) is 5.00. The highest BCUT2D eigenvalue weighted by Crippen LogP contribution is 2.27. The number of nitrogens with zero attached hydrogens (tertiary/aromatic N) is 2. The molecule has 0 spiro atoms. The van der Waals surface area contributed by atoms with Gasteiger partial charge in [-0.2, -0.15) is 13.2 Å². The summed E-state index contributed by atoms with van der Waals surface area (Å²) in [5, 5.41) is 15.9. The first-order valence-electron chi connectivity index (χ1n) is 6.93. The molecule has 1 heterocycles. The lowest BCUT2D eigenvalue weighted by Gasteiger charge is -2.16. The van der Waals surface area contributed by atoms with E-state index < -0.39 is 17.5 Å². The minimum atomic E-state index is -4.91. The summed E-state index contributed by atoms with van der Waals surface area (Å²) in [6.45, 7) is 0. The SMILES string of the molecule is N=C(n1c(=N)c(Sc2ccccc2)nc2ccc(Cl)cc21)C(F)(F)F. The van der Waals surface area contributed by atoms with Gasteiger partial charge in [-0.1, -0.05) is 41.6 Å². The summed E-state index contributed by atoms with van der Waals surface area (Å²) in [5.41, 5.74) is -0.351. The molecule has 0 radical (unpaired) electrons. The zero-order chi connectivity index (χ0) is 18.2. The molecule has 0 saturated carbocycles. The second kappa shape index (κ2) is 6.53. The van der Waals surface area contributed by atoms with E-state index in [9.17, 15) is 13.2 Å². The van der Waals surface area contributed by atoms with Crippen molar-refractivity contribution in [1.82, 2.24) is 9.55 Å². The minimum absolute atomic E-state index is 0.0442. The fourth-order valence-electron chi connectivity index (χ4n) is 2.18. The van der Waals surface area contributed by atoms with Crippen molar-refractivity contribution in [1.29, 1.82) is 10.8 Å². The van der Waals surface area contributed by atoms with Gasteiger partial charge in [0.1, 0.15) is 5.03 Å². The van der Waals surface area contributed by atoms with Gasteiger partial charge >= 0.3 is 6.18 Å². The van der Waals surface area contributed by atoms with Crippen molar-refractivity contribution in [3.8, 4) is 0 Å². The highest BCUT2D eigenvalue weighted by atomic mass is 35.5. The first-order valence-corrected chi connectivity index (χ1v) is 8.13. The molecule has 2 aromatic carbocycles. The summed E-state index contributed by atoms with van der Waals surface area (Å²) >= 11 is 6.93. The number of rotatable bonds is 2. The standard InChI is InChI=1S/C16H10ClF3N4S/c17-9-6-7-11-12(8-9)24(15(22)16(18,19)20)13(21)14(23-11)25-10-4-2-1-3-5-10/h1-8,21-22H. The zero-order valence-electron chi connectivity index (χ0n) is 12.4. The molecule has 0 atom stereocenters. The number of hydrogen-bond donors (Lipinski definition) is 2. The first kappa shape index (κ1) is 17.5. The molecular formula is C16H10ClF3N4S. The monoisotopic (exact) mass is 382 g/mol. The van der Waals surface area contributed by atoms with Crippen LogP contribution in [0.1, 0.15) is 0 Å². The molecule has 3 aromatic rings. The molecule has 9 heteroatoms. The van der Waals surface area contributed by atoms with E-state index in [-0.39, 0.29) is 21.1 Å². The first-order chi connectivity index (χ1) is 11.8. The van der Waals surface area contributed by atoms with Gasteiger partial charge < -0.3 is 0 Å². The third-order valence-corrected chi connectivity index (χ3v) is 4.50. The lowest BCUT2D eigenvalue weighted by molar-refractivity contribution is -0.0624. The summed E-state index contributed by atoms with van der Waals surface area (Å²) in [4.78, 5) is 4.99. The van der Waals surface area contributed by atoms with Crippen molar-refractivity contribution in [2.24, 2.45) is 0 Å². The third kappa shape index (κ3) is 3.54. The van der Waals surface area contributed by atoms with Crippen molar-refractivity contribution in [2.75, 3.05) is 0 Å². The molecule has 0 aliphatic carbocycles. The van der Waals surface area contributed by atoms with E-state index in [1.54, 1.807) is 30.3 Å². The van der Waals surface area contributed by atoms with Gasteiger partial charge in [-0.15, -0.1) is 0 Å². The Balaban J connectivity index is 2.27. The molecular weight excluding hydrogens is 373 g/mol. The Labute approximate surface area is 149 Å². The van der Waals surface area contributed by atoms with Crippen LogP contribution in [0.15, 0.2) is 58.5 Å². The predicted octanol–water partition coefficient (Wildman–Crippen LogP) is 4.71. The maximum absolute atomic E-state index is 13.1. The Morgan fingerprint density at radius 2 is 1.80 bits per heavy atom. The van der Waals surface area contributed by atoms with Crippen LogP contribution in [0.3, 0.4) is 0 Å². The lowest BCUT2D eigenvalue weighted by atomic mass is 10.3. The third-order valence-electron chi connectivity index (χ3n) is 3.28. The van der Waals surface area contributed by atoms with E-state index in [0.29, 0.717) is 4.57 Å². The van der Waals surface area contributed by atoms with Gasteiger partial charge in [-0.05, 0) is 30.3 Å². The molecule has 0 saturated heterocycles. The molecule has 0 aliphatic heterocycles. The van der Waals surface area contributed by atoms with Crippen molar-refractivity contribution < 1.29 is 13.2 Å². The van der Waals surface area contributed by atoms with Crippen LogP contribution < -0.4 is 5.49 Å². The largest absolute Gasteiger partial charge is 0.449 e. The van der Waals surface area contributed by atoms with Crippen LogP contribution in [-0.4, -0.2) is 21.6 Å². The quantitative estimate of drug-likeness (QED) is 0.498. The number of aromatic nitrogens is 2. The van der Waals surface area contributed by atoms with Crippen molar-refractivity contribution in [3.63, 3.8) is 0 Å². The van der Waals surface area contributed by atoms with Crippen LogP contribution in [0.4, 0.5) is 13.2 Å². The Bertz CT molecular complexity index is 1020. The number of benzene rings is 2. The minimum Gasteiger partial charge on any atom is -0.282 e. The second-order valence-corrected chi connectivity index (χ2v) is 6.49. The number of alkyl halides is 3.